The third-order valence-electron chi connectivity index (χ3n) is 3.98. The Morgan fingerprint density at radius 2 is 1.88 bits per heavy atom. The van der Waals surface area contributed by atoms with Crippen molar-refractivity contribution in [3.63, 3.8) is 0 Å². The lowest BCUT2D eigenvalue weighted by atomic mass is 10.1. The van der Waals surface area contributed by atoms with Crippen LogP contribution in [0.15, 0.2) is 13.9 Å². The van der Waals surface area contributed by atoms with Gasteiger partial charge in [-0.25, -0.2) is 8.42 Å². The molecule has 1 fully saturated rings. The van der Waals surface area contributed by atoms with Crippen LogP contribution < -0.4 is 0 Å². The Balaban J connectivity index is 1.58. The predicted molar refractivity (Wildman–Crippen MR) is 81.6 cm³/mol. The zero-order valence-electron chi connectivity index (χ0n) is 13.9. The number of aryl methyl sites for hydroxylation is 3. The molecule has 0 aromatic carbocycles. The van der Waals surface area contributed by atoms with E-state index in [9.17, 15) is 8.42 Å². The third kappa shape index (κ3) is 3.35. The van der Waals surface area contributed by atoms with Gasteiger partial charge in [-0.2, -0.15) is 9.29 Å². The minimum Gasteiger partial charge on any atom is -0.368 e. The zero-order valence-corrected chi connectivity index (χ0v) is 14.7. The van der Waals surface area contributed by atoms with Crippen molar-refractivity contribution in [3.8, 4) is 0 Å². The molecule has 0 atom stereocenters. The first-order chi connectivity index (χ1) is 11.4. The van der Waals surface area contributed by atoms with E-state index in [2.05, 4.69) is 15.3 Å². The fourth-order valence-electron chi connectivity index (χ4n) is 2.80. The number of piperidine rings is 1. The van der Waals surface area contributed by atoms with Gasteiger partial charge in [0.2, 0.25) is 10.0 Å². The SMILES string of the molecule is Cc1noc(COC2CCN(S(=O)(=O)c3c(C)noc3C)CC2)n1. The monoisotopic (exact) mass is 356 g/mol. The summed E-state index contributed by atoms with van der Waals surface area (Å²) < 4.78 is 42.6. The fourth-order valence-corrected chi connectivity index (χ4v) is 4.56. The van der Waals surface area contributed by atoms with Crippen molar-refractivity contribution in [2.75, 3.05) is 13.1 Å². The summed E-state index contributed by atoms with van der Waals surface area (Å²) in [6.45, 7) is 5.99. The van der Waals surface area contributed by atoms with Gasteiger partial charge >= 0.3 is 0 Å². The topological polar surface area (TPSA) is 112 Å². The van der Waals surface area contributed by atoms with Gasteiger partial charge in [0, 0.05) is 13.1 Å². The van der Waals surface area contributed by atoms with E-state index < -0.39 is 10.0 Å². The van der Waals surface area contributed by atoms with Gasteiger partial charge in [0.15, 0.2) is 11.6 Å². The molecule has 0 spiro atoms. The molecule has 1 saturated heterocycles. The van der Waals surface area contributed by atoms with Crippen molar-refractivity contribution >= 4 is 10.0 Å². The van der Waals surface area contributed by atoms with Crippen LogP contribution in [0.5, 0.6) is 0 Å². The van der Waals surface area contributed by atoms with Crippen molar-refractivity contribution in [1.82, 2.24) is 19.6 Å². The lowest BCUT2D eigenvalue weighted by molar-refractivity contribution is -0.00120. The third-order valence-corrected chi connectivity index (χ3v) is 6.12. The summed E-state index contributed by atoms with van der Waals surface area (Å²) in [6.07, 6.45) is 1.18. The quantitative estimate of drug-likeness (QED) is 0.789. The molecule has 3 heterocycles. The van der Waals surface area contributed by atoms with Gasteiger partial charge < -0.3 is 13.8 Å². The Morgan fingerprint density at radius 3 is 2.42 bits per heavy atom. The largest absolute Gasteiger partial charge is 0.368 e. The van der Waals surface area contributed by atoms with Crippen molar-refractivity contribution in [2.45, 2.75) is 51.2 Å². The molecule has 1 aliphatic rings. The van der Waals surface area contributed by atoms with E-state index in [0.29, 0.717) is 49.1 Å². The van der Waals surface area contributed by atoms with Crippen LogP contribution in [0.25, 0.3) is 0 Å². The van der Waals surface area contributed by atoms with Crippen LogP contribution in [-0.2, 0) is 21.4 Å². The van der Waals surface area contributed by atoms with Gasteiger partial charge in [-0.3, -0.25) is 0 Å². The molecule has 9 nitrogen and oxygen atoms in total. The summed E-state index contributed by atoms with van der Waals surface area (Å²) in [6, 6.07) is 0. The smallest absolute Gasteiger partial charge is 0.252 e. The summed E-state index contributed by atoms with van der Waals surface area (Å²) in [4.78, 5) is 4.25. The first kappa shape index (κ1) is 17.1. The normalized spacial score (nSPS) is 17.5. The Morgan fingerprint density at radius 1 is 1.17 bits per heavy atom. The highest BCUT2D eigenvalue weighted by molar-refractivity contribution is 7.89. The Hall–Kier alpha value is -1.78. The highest BCUT2D eigenvalue weighted by Crippen LogP contribution is 2.26. The zero-order chi connectivity index (χ0) is 17.3. The van der Waals surface area contributed by atoms with Crippen molar-refractivity contribution < 1.29 is 22.2 Å². The summed E-state index contributed by atoms with van der Waals surface area (Å²) in [5.41, 5.74) is 0.387. The summed E-state index contributed by atoms with van der Waals surface area (Å²) >= 11 is 0. The number of sulfonamides is 1. The second-order valence-corrected chi connectivity index (χ2v) is 7.68. The molecule has 132 valence electrons. The van der Waals surface area contributed by atoms with Crippen molar-refractivity contribution in [3.05, 3.63) is 23.2 Å². The minimum absolute atomic E-state index is 0.0340. The van der Waals surface area contributed by atoms with Crippen molar-refractivity contribution in [1.29, 1.82) is 0 Å². The molecular formula is C14H20N4O5S. The molecule has 0 saturated carbocycles. The number of nitrogens with zero attached hydrogens (tertiary/aromatic N) is 4. The van der Waals surface area contributed by atoms with E-state index in [4.69, 9.17) is 13.8 Å². The second kappa shape index (κ2) is 6.61. The van der Waals surface area contributed by atoms with E-state index in [0.717, 1.165) is 0 Å². The molecule has 1 aliphatic heterocycles. The number of hydrogen-bond acceptors (Lipinski definition) is 8. The molecule has 0 N–H and O–H groups in total. The van der Waals surface area contributed by atoms with E-state index in [1.165, 1.54) is 4.31 Å². The molecule has 2 aromatic rings. The van der Waals surface area contributed by atoms with E-state index in [-0.39, 0.29) is 17.6 Å². The summed E-state index contributed by atoms with van der Waals surface area (Å²) in [5, 5.41) is 7.43. The van der Waals surface area contributed by atoms with Crippen LogP contribution in [0.4, 0.5) is 0 Å². The van der Waals surface area contributed by atoms with Gasteiger partial charge in [-0.1, -0.05) is 10.3 Å². The first-order valence-corrected chi connectivity index (χ1v) is 9.15. The summed E-state index contributed by atoms with van der Waals surface area (Å²) in [7, 11) is -3.59. The van der Waals surface area contributed by atoms with E-state index in [1.807, 2.05) is 0 Å². The molecule has 0 amide bonds. The maximum atomic E-state index is 12.7. The molecule has 0 aliphatic carbocycles. The van der Waals surface area contributed by atoms with Crippen LogP contribution in [0.1, 0.15) is 36.0 Å². The van der Waals surface area contributed by atoms with Gasteiger partial charge in [0.25, 0.3) is 5.89 Å². The van der Waals surface area contributed by atoms with E-state index >= 15 is 0 Å². The molecule has 3 rings (SSSR count). The number of rotatable bonds is 5. The molecule has 2 aromatic heterocycles. The highest BCUT2D eigenvalue weighted by atomic mass is 32.2. The molecule has 0 unspecified atom stereocenters. The molecular weight excluding hydrogens is 336 g/mol. The van der Waals surface area contributed by atoms with Crippen LogP contribution >= 0.6 is 0 Å². The average Bonchev–Trinajstić information content (AvgIpc) is 3.11. The maximum Gasteiger partial charge on any atom is 0.252 e. The van der Waals surface area contributed by atoms with Crippen LogP contribution in [-0.4, -0.2) is 47.2 Å². The Bertz CT molecular complexity index is 785. The molecule has 10 heteroatoms. The molecule has 24 heavy (non-hydrogen) atoms. The first-order valence-electron chi connectivity index (χ1n) is 7.71. The van der Waals surface area contributed by atoms with Crippen molar-refractivity contribution in [2.24, 2.45) is 0 Å². The van der Waals surface area contributed by atoms with E-state index in [1.54, 1.807) is 20.8 Å². The number of aromatic nitrogens is 3. The molecule has 0 radical (unpaired) electrons. The lowest BCUT2D eigenvalue weighted by Gasteiger charge is -2.30. The summed E-state index contributed by atoms with van der Waals surface area (Å²) in [5.74, 6) is 1.31. The fraction of sp³-hybridized carbons (Fsp3) is 0.643. The standard InChI is InChI=1S/C14H20N4O5S/c1-9-14(10(2)22-16-9)24(19,20)18-6-4-12(5-7-18)21-8-13-15-11(3)17-23-13/h12H,4-8H2,1-3H3. The number of ether oxygens (including phenoxy) is 1. The van der Waals surface area contributed by atoms with Gasteiger partial charge in [-0.15, -0.1) is 0 Å². The minimum atomic E-state index is -3.59. The lowest BCUT2D eigenvalue weighted by Crippen LogP contribution is -2.41. The Labute approximate surface area is 140 Å². The highest BCUT2D eigenvalue weighted by Gasteiger charge is 2.34. The van der Waals surface area contributed by atoms with Crippen LogP contribution in [0, 0.1) is 20.8 Å². The average molecular weight is 356 g/mol. The molecule has 0 bridgehead atoms. The van der Waals surface area contributed by atoms with Crippen LogP contribution in [0.2, 0.25) is 0 Å². The number of hydrogen-bond donors (Lipinski definition) is 0. The Kier molecular flexibility index (Phi) is 4.70. The maximum absolute atomic E-state index is 12.7. The predicted octanol–water partition coefficient (Wildman–Crippen LogP) is 1.35. The van der Waals surface area contributed by atoms with Gasteiger partial charge in [-0.05, 0) is 33.6 Å². The van der Waals surface area contributed by atoms with Gasteiger partial charge in [0.05, 0.1) is 6.10 Å². The second-order valence-electron chi connectivity index (χ2n) is 5.80. The van der Waals surface area contributed by atoms with Crippen LogP contribution in [0.3, 0.4) is 0 Å². The van der Waals surface area contributed by atoms with Gasteiger partial charge in [0.1, 0.15) is 17.2 Å².